The molecule has 0 radical (unpaired) electrons. The minimum atomic E-state index is -0.695. The maximum absolute atomic E-state index is 14.1. The van der Waals surface area contributed by atoms with E-state index in [4.69, 9.17) is 9.47 Å². The normalized spacial score (nSPS) is 10.2. The van der Waals surface area contributed by atoms with Crippen molar-refractivity contribution in [3.05, 3.63) is 65.0 Å². The van der Waals surface area contributed by atoms with Crippen LogP contribution in [-0.2, 0) is 11.3 Å². The van der Waals surface area contributed by atoms with Crippen molar-refractivity contribution >= 4 is 11.8 Å². The average Bonchev–Trinajstić information content (AvgIpc) is 2.54. The number of ether oxygens (including phenoxy) is 2. The molecular weight excluding hydrogens is 299 g/mol. The quantitative estimate of drug-likeness (QED) is 0.601. The van der Waals surface area contributed by atoms with Gasteiger partial charge in [-0.25, -0.2) is 9.18 Å². The molecule has 0 aliphatic heterocycles. The SMILES string of the molecule is CCOC(=O)c1cc(OCc2ccccc2)c(F)cc1C(C)=O. The molecule has 2 aromatic rings. The number of hydrogen-bond donors (Lipinski definition) is 0. The number of carbonyl (C=O) groups is 2. The number of Topliss-reactive ketones (excluding diaryl/α,β-unsaturated/α-hetero) is 1. The molecular formula is C18H17FO4. The van der Waals surface area contributed by atoms with Crippen molar-refractivity contribution in [3.8, 4) is 5.75 Å². The lowest BCUT2D eigenvalue weighted by Gasteiger charge is -2.12. The molecule has 5 heteroatoms. The summed E-state index contributed by atoms with van der Waals surface area (Å²) in [7, 11) is 0. The summed E-state index contributed by atoms with van der Waals surface area (Å²) in [6, 6.07) is 11.5. The van der Waals surface area contributed by atoms with Gasteiger partial charge in [0.1, 0.15) is 6.61 Å². The molecule has 23 heavy (non-hydrogen) atoms. The number of rotatable bonds is 6. The highest BCUT2D eigenvalue weighted by Gasteiger charge is 2.20. The zero-order valence-electron chi connectivity index (χ0n) is 13.0. The Morgan fingerprint density at radius 3 is 2.39 bits per heavy atom. The summed E-state index contributed by atoms with van der Waals surface area (Å²) < 4.78 is 24.5. The summed E-state index contributed by atoms with van der Waals surface area (Å²) in [5, 5.41) is 0. The van der Waals surface area contributed by atoms with Gasteiger partial charge in [-0.2, -0.15) is 0 Å². The minimum Gasteiger partial charge on any atom is -0.486 e. The fourth-order valence-electron chi connectivity index (χ4n) is 2.07. The Morgan fingerprint density at radius 2 is 1.78 bits per heavy atom. The second-order valence-electron chi connectivity index (χ2n) is 4.88. The van der Waals surface area contributed by atoms with Gasteiger partial charge in [0.15, 0.2) is 17.3 Å². The van der Waals surface area contributed by atoms with Gasteiger partial charge in [0, 0.05) is 5.56 Å². The third-order valence-corrected chi connectivity index (χ3v) is 3.18. The molecule has 0 N–H and O–H groups in total. The van der Waals surface area contributed by atoms with Crippen LogP contribution in [0.5, 0.6) is 5.75 Å². The van der Waals surface area contributed by atoms with Gasteiger partial charge in [-0.15, -0.1) is 0 Å². The molecule has 0 spiro atoms. The Kier molecular flexibility index (Phi) is 5.46. The Labute approximate surface area is 133 Å². The van der Waals surface area contributed by atoms with E-state index >= 15 is 0 Å². The van der Waals surface area contributed by atoms with Crippen LogP contribution >= 0.6 is 0 Å². The van der Waals surface area contributed by atoms with Gasteiger partial charge in [0.2, 0.25) is 0 Å². The van der Waals surface area contributed by atoms with Gasteiger partial charge >= 0.3 is 5.97 Å². The first-order chi connectivity index (χ1) is 11.0. The van der Waals surface area contributed by atoms with E-state index in [0.29, 0.717) is 0 Å². The van der Waals surface area contributed by atoms with E-state index in [-0.39, 0.29) is 30.1 Å². The smallest absolute Gasteiger partial charge is 0.338 e. The second-order valence-corrected chi connectivity index (χ2v) is 4.88. The van der Waals surface area contributed by atoms with E-state index in [1.165, 1.54) is 13.0 Å². The molecule has 0 aliphatic carbocycles. The van der Waals surface area contributed by atoms with E-state index in [1.807, 2.05) is 30.3 Å². The first-order valence-electron chi connectivity index (χ1n) is 7.21. The second kappa shape index (κ2) is 7.54. The van der Waals surface area contributed by atoms with Crippen LogP contribution in [0, 0.1) is 5.82 Å². The fraction of sp³-hybridized carbons (Fsp3) is 0.222. The summed E-state index contributed by atoms with van der Waals surface area (Å²) in [5.74, 6) is -1.88. The van der Waals surface area contributed by atoms with E-state index in [9.17, 15) is 14.0 Å². The van der Waals surface area contributed by atoms with Crippen LogP contribution in [0.1, 0.15) is 40.1 Å². The lowest BCUT2D eigenvalue weighted by atomic mass is 10.0. The molecule has 2 rings (SSSR count). The molecule has 0 atom stereocenters. The summed E-state index contributed by atoms with van der Waals surface area (Å²) >= 11 is 0. The third kappa shape index (κ3) is 4.16. The maximum Gasteiger partial charge on any atom is 0.338 e. The van der Waals surface area contributed by atoms with Crippen LogP contribution in [-0.4, -0.2) is 18.4 Å². The van der Waals surface area contributed by atoms with Crippen molar-refractivity contribution < 1.29 is 23.5 Å². The summed E-state index contributed by atoms with van der Waals surface area (Å²) in [5.41, 5.74) is 0.844. The van der Waals surface area contributed by atoms with Crippen molar-refractivity contribution in [2.45, 2.75) is 20.5 Å². The molecule has 0 bridgehead atoms. The highest BCUT2D eigenvalue weighted by atomic mass is 19.1. The first-order valence-corrected chi connectivity index (χ1v) is 7.21. The summed E-state index contributed by atoms with van der Waals surface area (Å²) in [4.78, 5) is 23.6. The van der Waals surface area contributed by atoms with Gasteiger partial charge < -0.3 is 9.47 Å². The van der Waals surface area contributed by atoms with Crippen LogP contribution in [0.4, 0.5) is 4.39 Å². The molecule has 0 aromatic heterocycles. The van der Waals surface area contributed by atoms with Crippen LogP contribution in [0.15, 0.2) is 42.5 Å². The average molecular weight is 316 g/mol. The molecule has 0 amide bonds. The fourth-order valence-corrected chi connectivity index (χ4v) is 2.07. The molecule has 0 saturated heterocycles. The molecule has 4 nitrogen and oxygen atoms in total. The monoisotopic (exact) mass is 316 g/mol. The Morgan fingerprint density at radius 1 is 1.09 bits per heavy atom. The van der Waals surface area contributed by atoms with Crippen LogP contribution in [0.2, 0.25) is 0 Å². The topological polar surface area (TPSA) is 52.6 Å². The minimum absolute atomic E-state index is 0.00353. The third-order valence-electron chi connectivity index (χ3n) is 3.18. The van der Waals surface area contributed by atoms with Crippen molar-refractivity contribution in [3.63, 3.8) is 0 Å². The van der Waals surface area contributed by atoms with Crippen molar-refractivity contribution in [1.29, 1.82) is 0 Å². The van der Waals surface area contributed by atoms with E-state index in [0.717, 1.165) is 11.6 Å². The standard InChI is InChI=1S/C18H17FO4/c1-3-22-18(21)15-10-17(16(19)9-14(15)12(2)20)23-11-13-7-5-4-6-8-13/h4-10H,3,11H2,1-2H3. The van der Waals surface area contributed by atoms with Gasteiger partial charge in [-0.05, 0) is 31.5 Å². The van der Waals surface area contributed by atoms with Crippen molar-refractivity contribution in [1.82, 2.24) is 0 Å². The van der Waals surface area contributed by atoms with Crippen LogP contribution in [0.25, 0.3) is 0 Å². The largest absolute Gasteiger partial charge is 0.486 e. The van der Waals surface area contributed by atoms with E-state index in [2.05, 4.69) is 0 Å². The Bertz CT molecular complexity index is 710. The Balaban J connectivity index is 2.31. The van der Waals surface area contributed by atoms with Gasteiger partial charge in [0.05, 0.1) is 12.2 Å². The summed E-state index contributed by atoms with van der Waals surface area (Å²) in [6.07, 6.45) is 0. The van der Waals surface area contributed by atoms with E-state index in [1.54, 1.807) is 6.92 Å². The highest BCUT2D eigenvalue weighted by Crippen LogP contribution is 2.25. The van der Waals surface area contributed by atoms with Gasteiger partial charge in [-0.3, -0.25) is 4.79 Å². The number of ketones is 1. The lowest BCUT2D eigenvalue weighted by Crippen LogP contribution is -2.12. The lowest BCUT2D eigenvalue weighted by molar-refractivity contribution is 0.0522. The number of carbonyl (C=O) groups excluding carboxylic acids is 2. The first kappa shape index (κ1) is 16.7. The zero-order valence-corrected chi connectivity index (χ0v) is 13.0. The highest BCUT2D eigenvalue weighted by molar-refractivity contribution is 6.05. The molecule has 2 aromatic carbocycles. The number of benzene rings is 2. The van der Waals surface area contributed by atoms with Crippen LogP contribution in [0.3, 0.4) is 0 Å². The predicted molar refractivity (Wildman–Crippen MR) is 83.1 cm³/mol. The van der Waals surface area contributed by atoms with Gasteiger partial charge in [-0.1, -0.05) is 30.3 Å². The molecule has 120 valence electrons. The van der Waals surface area contributed by atoms with Crippen molar-refractivity contribution in [2.24, 2.45) is 0 Å². The maximum atomic E-state index is 14.1. The summed E-state index contributed by atoms with van der Waals surface area (Å²) in [6.45, 7) is 3.23. The van der Waals surface area contributed by atoms with Gasteiger partial charge in [0.25, 0.3) is 0 Å². The molecule has 0 fully saturated rings. The number of hydrogen-bond acceptors (Lipinski definition) is 4. The van der Waals surface area contributed by atoms with E-state index < -0.39 is 17.6 Å². The number of esters is 1. The van der Waals surface area contributed by atoms with Crippen LogP contribution < -0.4 is 4.74 Å². The molecule has 0 saturated carbocycles. The zero-order chi connectivity index (χ0) is 16.8. The number of halogens is 1. The predicted octanol–water partition coefficient (Wildman–Crippen LogP) is 3.78. The molecule has 0 unspecified atom stereocenters. The Hall–Kier alpha value is -2.69. The molecule has 0 aliphatic rings. The van der Waals surface area contributed by atoms with Crippen molar-refractivity contribution in [2.75, 3.05) is 6.61 Å². The molecule has 0 heterocycles.